The fourth-order valence-electron chi connectivity index (χ4n) is 4.25. The van der Waals surface area contributed by atoms with Crippen molar-refractivity contribution in [1.82, 2.24) is 0 Å². The molecule has 1 aromatic carbocycles. The maximum atomic E-state index is 12.2. The second-order valence-corrected chi connectivity index (χ2v) is 6.70. The van der Waals surface area contributed by atoms with E-state index in [0.717, 1.165) is 0 Å². The predicted octanol–water partition coefficient (Wildman–Crippen LogP) is 1.71. The van der Waals surface area contributed by atoms with Gasteiger partial charge in [-0.3, -0.25) is 0 Å². The van der Waals surface area contributed by atoms with Crippen molar-refractivity contribution in [3.05, 3.63) is 53.3 Å². The van der Waals surface area contributed by atoms with E-state index in [9.17, 15) is 24.9 Å². The van der Waals surface area contributed by atoms with Gasteiger partial charge in [0.15, 0.2) is 0 Å². The third-order valence-corrected chi connectivity index (χ3v) is 5.53. The van der Waals surface area contributed by atoms with E-state index < -0.39 is 22.8 Å². The van der Waals surface area contributed by atoms with E-state index in [1.165, 1.54) is 36.4 Å². The molecule has 3 rings (SSSR count). The van der Waals surface area contributed by atoms with Gasteiger partial charge in [-0.1, -0.05) is 19.9 Å². The van der Waals surface area contributed by atoms with Crippen molar-refractivity contribution in [3.8, 4) is 5.75 Å². The summed E-state index contributed by atoms with van der Waals surface area (Å²) in [7, 11) is 0. The number of aromatic hydroxyl groups is 1. The number of hydrogen-bond acceptors (Lipinski definition) is 6. The van der Waals surface area contributed by atoms with Gasteiger partial charge < -0.3 is 24.9 Å². The van der Waals surface area contributed by atoms with E-state index in [4.69, 9.17) is 4.74 Å². The number of ether oxygens (including phenoxy) is 1. The maximum absolute atomic E-state index is 12.2. The van der Waals surface area contributed by atoms with Crippen LogP contribution in [0, 0.1) is 16.7 Å². The number of phenols is 1. The Hall–Kier alpha value is -2.76. The SMILES string of the molecule is CCC1C2=C(O)C=CC1(C(=O)[O-])C2(C)COC(=O)c1ccc(O)cc1. The molecular formula is C19H19O6-. The van der Waals surface area contributed by atoms with Gasteiger partial charge in [0.05, 0.1) is 11.5 Å². The third-order valence-electron chi connectivity index (χ3n) is 5.53. The van der Waals surface area contributed by atoms with Crippen molar-refractivity contribution in [1.29, 1.82) is 0 Å². The first kappa shape index (κ1) is 17.1. The number of benzene rings is 1. The smallest absolute Gasteiger partial charge is 0.338 e. The van der Waals surface area contributed by atoms with Crippen LogP contribution in [0.4, 0.5) is 0 Å². The molecule has 25 heavy (non-hydrogen) atoms. The Balaban J connectivity index is 1.86. The van der Waals surface area contributed by atoms with Crippen LogP contribution in [0.3, 0.4) is 0 Å². The lowest BCUT2D eigenvalue weighted by molar-refractivity contribution is -0.330. The lowest BCUT2D eigenvalue weighted by atomic mass is 9.39. The summed E-state index contributed by atoms with van der Waals surface area (Å²) >= 11 is 0. The number of fused-ring (bicyclic) bond motifs is 2. The highest BCUT2D eigenvalue weighted by molar-refractivity contribution is 5.90. The molecule has 0 heterocycles. The Morgan fingerprint density at radius 2 is 1.88 bits per heavy atom. The molecule has 132 valence electrons. The number of aliphatic hydroxyl groups is 1. The normalized spacial score (nSPS) is 29.9. The third kappa shape index (κ3) is 2.17. The quantitative estimate of drug-likeness (QED) is 0.788. The number of carboxylic acid groups (broad SMARTS) is 1. The van der Waals surface area contributed by atoms with E-state index >= 15 is 0 Å². The zero-order valence-corrected chi connectivity index (χ0v) is 14.0. The molecule has 0 aromatic heterocycles. The highest BCUT2D eigenvalue weighted by Gasteiger charge is 2.68. The standard InChI is InChI=1S/C19H20O6/c1-3-13-15-14(21)8-9-19(13,17(23)24)18(15,2)10-25-16(22)11-4-6-12(20)7-5-11/h4-9,13,20-21H,3,10H2,1-2H3,(H,23,24)/p-1. The predicted molar refractivity (Wildman–Crippen MR) is 86.5 cm³/mol. The van der Waals surface area contributed by atoms with E-state index in [-0.39, 0.29) is 29.6 Å². The van der Waals surface area contributed by atoms with Crippen molar-refractivity contribution in [2.24, 2.45) is 16.7 Å². The van der Waals surface area contributed by atoms with Gasteiger partial charge in [-0.05, 0) is 48.3 Å². The molecule has 1 aromatic rings. The molecule has 6 nitrogen and oxygen atoms in total. The summed E-state index contributed by atoms with van der Waals surface area (Å²) in [4.78, 5) is 24.1. The number of phenolic OH excluding ortho intramolecular Hbond substituents is 1. The average molecular weight is 343 g/mol. The lowest BCUT2D eigenvalue weighted by Crippen LogP contribution is -2.68. The van der Waals surface area contributed by atoms with Gasteiger partial charge in [0.2, 0.25) is 0 Å². The summed E-state index contributed by atoms with van der Waals surface area (Å²) in [5.74, 6) is -2.19. The van der Waals surface area contributed by atoms with Crippen LogP contribution in [0.25, 0.3) is 0 Å². The molecule has 0 amide bonds. The highest BCUT2D eigenvalue weighted by Crippen LogP contribution is 2.69. The molecule has 0 spiro atoms. The summed E-state index contributed by atoms with van der Waals surface area (Å²) < 4.78 is 5.34. The topological polar surface area (TPSA) is 107 Å². The van der Waals surface area contributed by atoms with Crippen LogP contribution >= 0.6 is 0 Å². The summed E-state index contributed by atoms with van der Waals surface area (Å²) in [5, 5.41) is 31.4. The van der Waals surface area contributed by atoms with Gasteiger partial charge in [-0.2, -0.15) is 0 Å². The van der Waals surface area contributed by atoms with Gasteiger partial charge in [0.25, 0.3) is 0 Å². The fourth-order valence-corrected chi connectivity index (χ4v) is 4.25. The van der Waals surface area contributed by atoms with Crippen LogP contribution in [0.2, 0.25) is 0 Å². The van der Waals surface area contributed by atoms with Crippen molar-refractivity contribution < 1.29 is 29.6 Å². The van der Waals surface area contributed by atoms with Crippen molar-refractivity contribution in [2.45, 2.75) is 20.3 Å². The molecule has 0 radical (unpaired) electrons. The average Bonchev–Trinajstić information content (AvgIpc) is 2.58. The van der Waals surface area contributed by atoms with Gasteiger partial charge >= 0.3 is 5.97 Å². The molecule has 2 N–H and O–H groups in total. The van der Waals surface area contributed by atoms with Gasteiger partial charge in [-0.25, -0.2) is 4.79 Å². The zero-order valence-electron chi connectivity index (χ0n) is 14.0. The Morgan fingerprint density at radius 1 is 1.24 bits per heavy atom. The number of allylic oxidation sites excluding steroid dienone is 1. The molecule has 2 aliphatic rings. The van der Waals surface area contributed by atoms with Gasteiger partial charge in [-0.15, -0.1) is 0 Å². The number of rotatable bonds is 5. The van der Waals surface area contributed by atoms with Crippen LogP contribution in [0.1, 0.15) is 30.6 Å². The van der Waals surface area contributed by atoms with Gasteiger partial charge in [0, 0.05) is 10.8 Å². The minimum Gasteiger partial charge on any atom is -0.549 e. The van der Waals surface area contributed by atoms with Crippen molar-refractivity contribution in [2.75, 3.05) is 6.61 Å². The molecule has 2 bridgehead atoms. The summed E-state index contributed by atoms with van der Waals surface area (Å²) in [6.07, 6.45) is 3.35. The first-order valence-electron chi connectivity index (χ1n) is 8.08. The molecule has 6 heteroatoms. The molecule has 1 fully saturated rings. The summed E-state index contributed by atoms with van der Waals surface area (Å²) in [5.41, 5.74) is -1.54. The molecule has 3 atom stereocenters. The minimum atomic E-state index is -1.31. The van der Waals surface area contributed by atoms with Crippen LogP contribution in [-0.2, 0) is 9.53 Å². The van der Waals surface area contributed by atoms with Gasteiger partial charge in [0.1, 0.15) is 18.1 Å². The number of aliphatic carboxylic acids is 1. The van der Waals surface area contributed by atoms with E-state index in [1.807, 2.05) is 6.92 Å². The number of carbonyl (C=O) groups is 2. The molecule has 2 aliphatic carbocycles. The first-order chi connectivity index (χ1) is 11.8. The lowest BCUT2D eigenvalue weighted by Gasteiger charge is -2.65. The number of carboxylic acids is 1. The summed E-state index contributed by atoms with van der Waals surface area (Å²) in [6.45, 7) is 3.31. The Morgan fingerprint density at radius 3 is 2.44 bits per heavy atom. The van der Waals surface area contributed by atoms with Crippen LogP contribution < -0.4 is 5.11 Å². The Kier molecular flexibility index (Phi) is 3.86. The monoisotopic (exact) mass is 343 g/mol. The molecular weight excluding hydrogens is 324 g/mol. The van der Waals surface area contributed by atoms with Crippen LogP contribution in [0.5, 0.6) is 5.75 Å². The Bertz CT molecular complexity index is 791. The van der Waals surface area contributed by atoms with Crippen LogP contribution in [0.15, 0.2) is 47.7 Å². The second kappa shape index (κ2) is 5.65. The number of esters is 1. The van der Waals surface area contributed by atoms with E-state index in [0.29, 0.717) is 12.0 Å². The zero-order chi connectivity index (χ0) is 18.4. The number of carbonyl (C=O) groups excluding carboxylic acids is 2. The molecule has 0 aliphatic heterocycles. The minimum absolute atomic E-state index is 0.0261. The number of hydrogen-bond donors (Lipinski definition) is 2. The number of aliphatic hydroxyl groups excluding tert-OH is 1. The first-order valence-corrected chi connectivity index (χ1v) is 8.08. The Labute approximate surface area is 145 Å². The summed E-state index contributed by atoms with van der Waals surface area (Å²) in [6, 6.07) is 5.57. The largest absolute Gasteiger partial charge is 0.549 e. The van der Waals surface area contributed by atoms with Crippen LogP contribution in [-0.4, -0.2) is 28.8 Å². The second-order valence-electron chi connectivity index (χ2n) is 6.70. The molecule has 3 unspecified atom stereocenters. The van der Waals surface area contributed by atoms with Crippen molar-refractivity contribution >= 4 is 11.9 Å². The van der Waals surface area contributed by atoms with E-state index in [1.54, 1.807) is 6.92 Å². The molecule has 0 saturated heterocycles. The van der Waals surface area contributed by atoms with Crippen molar-refractivity contribution in [3.63, 3.8) is 0 Å². The molecule has 1 saturated carbocycles. The fraction of sp³-hybridized carbons (Fsp3) is 0.368. The maximum Gasteiger partial charge on any atom is 0.338 e. The highest BCUT2D eigenvalue weighted by atomic mass is 16.5. The van der Waals surface area contributed by atoms with E-state index in [2.05, 4.69) is 0 Å².